The van der Waals surface area contributed by atoms with Gasteiger partial charge in [0.15, 0.2) is 0 Å². The Morgan fingerprint density at radius 3 is 2.63 bits per heavy atom. The fourth-order valence-corrected chi connectivity index (χ4v) is 2.17. The van der Waals surface area contributed by atoms with Crippen molar-refractivity contribution in [3.63, 3.8) is 0 Å². The van der Waals surface area contributed by atoms with E-state index in [-0.39, 0.29) is 24.4 Å². The molecular weight excluding hydrogens is 264 g/mol. The molecule has 5 heteroatoms. The minimum Gasteiger partial charge on any atom is -0.494 e. The van der Waals surface area contributed by atoms with Crippen molar-refractivity contribution in [1.82, 2.24) is 4.90 Å². The summed E-state index contributed by atoms with van der Waals surface area (Å²) in [6, 6.07) is 7.84. The van der Waals surface area contributed by atoms with Crippen LogP contribution < -0.4 is 10.5 Å². The third kappa shape index (κ3) is 4.40. The molecule has 1 saturated heterocycles. The van der Waals surface area contributed by atoms with E-state index in [1.54, 1.807) is 0 Å². The van der Waals surface area contributed by atoms with E-state index < -0.39 is 0 Å². The lowest BCUT2D eigenvalue weighted by Gasteiger charge is -2.15. The average molecular weight is 285 g/mol. The summed E-state index contributed by atoms with van der Waals surface area (Å²) < 4.78 is 5.37. The lowest BCUT2D eigenvalue weighted by atomic mass is 10.1. The number of nitrogens with two attached hydrogens (primary N) is 1. The zero-order chi connectivity index (χ0) is 13.0. The third-order valence-corrected chi connectivity index (χ3v) is 3.17. The largest absolute Gasteiger partial charge is 0.494 e. The van der Waals surface area contributed by atoms with Crippen molar-refractivity contribution in [2.45, 2.75) is 25.8 Å². The Hall–Kier alpha value is -1.26. The Morgan fingerprint density at radius 1 is 1.42 bits per heavy atom. The van der Waals surface area contributed by atoms with Crippen molar-refractivity contribution < 1.29 is 9.53 Å². The van der Waals surface area contributed by atoms with Crippen LogP contribution in [0.15, 0.2) is 24.3 Å². The molecule has 1 amide bonds. The summed E-state index contributed by atoms with van der Waals surface area (Å²) in [5.41, 5.74) is 6.82. The third-order valence-electron chi connectivity index (χ3n) is 3.17. The second kappa shape index (κ2) is 7.36. The summed E-state index contributed by atoms with van der Waals surface area (Å²) in [4.78, 5) is 13.9. The molecule has 1 aliphatic heterocycles. The molecule has 1 fully saturated rings. The number of carbonyl (C=O) groups is 1. The van der Waals surface area contributed by atoms with Gasteiger partial charge in [0.05, 0.1) is 13.0 Å². The molecule has 0 unspecified atom stereocenters. The number of ether oxygens (including phenoxy) is 1. The lowest BCUT2D eigenvalue weighted by Crippen LogP contribution is -2.32. The maximum Gasteiger partial charge on any atom is 0.227 e. The molecule has 1 atom stereocenters. The number of carbonyl (C=O) groups excluding carboxylic acids is 1. The van der Waals surface area contributed by atoms with Crippen LogP contribution in [0.3, 0.4) is 0 Å². The van der Waals surface area contributed by atoms with Crippen molar-refractivity contribution in [3.8, 4) is 5.75 Å². The van der Waals surface area contributed by atoms with E-state index in [1.807, 2.05) is 36.1 Å². The maximum absolute atomic E-state index is 12.0. The fourth-order valence-electron chi connectivity index (χ4n) is 2.17. The number of nitrogens with zero attached hydrogens (tertiary/aromatic N) is 1. The molecule has 19 heavy (non-hydrogen) atoms. The van der Waals surface area contributed by atoms with Gasteiger partial charge in [0.1, 0.15) is 5.75 Å². The Morgan fingerprint density at radius 2 is 2.11 bits per heavy atom. The summed E-state index contributed by atoms with van der Waals surface area (Å²) in [7, 11) is 0. The van der Waals surface area contributed by atoms with Crippen LogP contribution >= 0.6 is 12.4 Å². The summed E-state index contributed by atoms with van der Waals surface area (Å²) in [6.07, 6.45) is 1.36. The Labute approximate surface area is 120 Å². The van der Waals surface area contributed by atoms with E-state index >= 15 is 0 Å². The summed E-state index contributed by atoms with van der Waals surface area (Å²) in [5, 5.41) is 0. The molecule has 0 spiro atoms. The molecule has 106 valence electrons. The summed E-state index contributed by atoms with van der Waals surface area (Å²) >= 11 is 0. The fraction of sp³-hybridized carbons (Fsp3) is 0.500. The smallest absolute Gasteiger partial charge is 0.227 e. The number of rotatable bonds is 4. The van der Waals surface area contributed by atoms with Crippen LogP contribution in [0.2, 0.25) is 0 Å². The van der Waals surface area contributed by atoms with Gasteiger partial charge in [0, 0.05) is 19.1 Å². The van der Waals surface area contributed by atoms with E-state index in [0.717, 1.165) is 24.3 Å². The zero-order valence-electron chi connectivity index (χ0n) is 11.2. The van der Waals surface area contributed by atoms with Crippen molar-refractivity contribution in [2.24, 2.45) is 5.73 Å². The molecule has 1 aromatic rings. The van der Waals surface area contributed by atoms with E-state index in [9.17, 15) is 4.79 Å². The van der Waals surface area contributed by atoms with E-state index in [0.29, 0.717) is 19.6 Å². The van der Waals surface area contributed by atoms with Crippen molar-refractivity contribution in [2.75, 3.05) is 19.7 Å². The van der Waals surface area contributed by atoms with Crippen molar-refractivity contribution in [1.29, 1.82) is 0 Å². The van der Waals surface area contributed by atoms with Crippen LogP contribution in [-0.2, 0) is 11.2 Å². The topological polar surface area (TPSA) is 55.6 Å². The number of likely N-dealkylation sites (tertiary alicyclic amines) is 1. The zero-order valence-corrected chi connectivity index (χ0v) is 12.0. The summed E-state index contributed by atoms with van der Waals surface area (Å²) in [6.45, 7) is 4.09. The standard InChI is InChI=1S/C14H20N2O2.ClH/c1-2-18-13-5-3-11(4-6-13)9-14(17)16-8-7-12(15)10-16;/h3-6,12H,2,7-10,15H2,1H3;1H/t12-;/m1./s1. The molecule has 0 aliphatic carbocycles. The highest BCUT2D eigenvalue weighted by Crippen LogP contribution is 2.14. The highest BCUT2D eigenvalue weighted by atomic mass is 35.5. The van der Waals surface area contributed by atoms with Gasteiger partial charge in [-0.05, 0) is 31.0 Å². The average Bonchev–Trinajstić information content (AvgIpc) is 2.79. The van der Waals surface area contributed by atoms with Gasteiger partial charge >= 0.3 is 0 Å². The minimum atomic E-state index is 0. The van der Waals surface area contributed by atoms with Gasteiger partial charge in [0.2, 0.25) is 5.91 Å². The first kappa shape index (κ1) is 15.8. The second-order valence-electron chi connectivity index (χ2n) is 4.64. The van der Waals surface area contributed by atoms with Crippen molar-refractivity contribution in [3.05, 3.63) is 29.8 Å². The monoisotopic (exact) mass is 284 g/mol. The number of benzene rings is 1. The summed E-state index contributed by atoms with van der Waals surface area (Å²) in [5.74, 6) is 1.00. The van der Waals surface area contributed by atoms with Crippen LogP contribution in [0, 0.1) is 0 Å². The second-order valence-corrected chi connectivity index (χ2v) is 4.64. The van der Waals surface area contributed by atoms with Gasteiger partial charge in [-0.2, -0.15) is 0 Å². The predicted molar refractivity (Wildman–Crippen MR) is 77.7 cm³/mol. The van der Waals surface area contributed by atoms with Gasteiger partial charge in [-0.15, -0.1) is 12.4 Å². The van der Waals surface area contributed by atoms with Crippen molar-refractivity contribution >= 4 is 18.3 Å². The number of halogens is 1. The van der Waals surface area contributed by atoms with Crippen LogP contribution in [0.5, 0.6) is 5.75 Å². The van der Waals surface area contributed by atoms with Gasteiger partial charge in [-0.25, -0.2) is 0 Å². The van der Waals surface area contributed by atoms with E-state index in [2.05, 4.69) is 0 Å². The quantitative estimate of drug-likeness (QED) is 0.914. The molecular formula is C14H21ClN2O2. The van der Waals surface area contributed by atoms with Crippen LogP contribution in [0.1, 0.15) is 18.9 Å². The van der Waals surface area contributed by atoms with Crippen LogP contribution in [-0.4, -0.2) is 36.5 Å². The van der Waals surface area contributed by atoms with E-state index in [4.69, 9.17) is 10.5 Å². The Kier molecular flexibility index (Phi) is 6.12. The van der Waals surface area contributed by atoms with Crippen LogP contribution in [0.25, 0.3) is 0 Å². The molecule has 2 rings (SSSR count). The predicted octanol–water partition coefficient (Wildman–Crippen LogP) is 1.61. The number of hydrogen-bond donors (Lipinski definition) is 1. The SMILES string of the molecule is CCOc1ccc(CC(=O)N2CC[C@@H](N)C2)cc1.Cl. The minimum absolute atomic E-state index is 0. The number of hydrogen-bond acceptors (Lipinski definition) is 3. The molecule has 0 aromatic heterocycles. The number of amides is 1. The first-order valence-electron chi connectivity index (χ1n) is 6.44. The highest BCUT2D eigenvalue weighted by molar-refractivity contribution is 5.85. The van der Waals surface area contributed by atoms with E-state index in [1.165, 1.54) is 0 Å². The van der Waals surface area contributed by atoms with Gasteiger partial charge < -0.3 is 15.4 Å². The van der Waals surface area contributed by atoms with Crippen LogP contribution in [0.4, 0.5) is 0 Å². The molecule has 4 nitrogen and oxygen atoms in total. The lowest BCUT2D eigenvalue weighted by molar-refractivity contribution is -0.129. The maximum atomic E-state index is 12.0. The highest BCUT2D eigenvalue weighted by Gasteiger charge is 2.23. The molecule has 0 radical (unpaired) electrons. The molecule has 1 heterocycles. The molecule has 1 aromatic carbocycles. The Bertz CT molecular complexity index is 408. The first-order chi connectivity index (χ1) is 8.69. The molecule has 1 aliphatic rings. The molecule has 0 saturated carbocycles. The van der Waals surface area contributed by atoms with Gasteiger partial charge in [-0.1, -0.05) is 12.1 Å². The van der Waals surface area contributed by atoms with Gasteiger partial charge in [0.25, 0.3) is 0 Å². The van der Waals surface area contributed by atoms with Gasteiger partial charge in [-0.3, -0.25) is 4.79 Å². The normalized spacial score (nSPS) is 18.0. The molecule has 2 N–H and O–H groups in total. The first-order valence-corrected chi connectivity index (χ1v) is 6.44. The molecule has 0 bridgehead atoms. The Balaban J connectivity index is 0.00000180.